The van der Waals surface area contributed by atoms with E-state index < -0.39 is 18.3 Å². The van der Waals surface area contributed by atoms with E-state index in [0.29, 0.717) is 18.7 Å². The molecule has 2 aliphatic rings. The summed E-state index contributed by atoms with van der Waals surface area (Å²) in [6.45, 7) is 7.31. The molecule has 112 valence electrons. The molecule has 1 aliphatic carbocycles. The van der Waals surface area contributed by atoms with Crippen LogP contribution in [0.4, 0.5) is 24.7 Å². The summed E-state index contributed by atoms with van der Waals surface area (Å²) in [6, 6.07) is 0.426. The zero-order chi connectivity index (χ0) is 15.4. The molecule has 4 atom stereocenters. The second-order valence-corrected chi connectivity index (χ2v) is 5.81. The average molecular weight is 318 g/mol. The van der Waals surface area contributed by atoms with Crippen LogP contribution in [0.1, 0.15) is 6.42 Å². The van der Waals surface area contributed by atoms with Gasteiger partial charge in [0.25, 0.3) is 5.82 Å². The van der Waals surface area contributed by atoms with Crippen LogP contribution < -0.4 is 4.90 Å². The third-order valence-electron chi connectivity index (χ3n) is 4.11. The monoisotopic (exact) mass is 317 g/mol. The van der Waals surface area contributed by atoms with Gasteiger partial charge in [-0.05, 0) is 24.3 Å². The van der Waals surface area contributed by atoms with Gasteiger partial charge < -0.3 is 14.9 Å². The number of hydrogen-bond acceptors (Lipinski definition) is 3. The van der Waals surface area contributed by atoms with Crippen molar-refractivity contribution in [3.63, 3.8) is 0 Å². The predicted octanol–water partition coefficient (Wildman–Crippen LogP) is 3.03. The normalized spacial score (nSPS) is 29.0. The standard InChI is InChI=1S/C13H11ClF3N3O/c1-18-12-9(14)3-7(4-19-12)20-5-6-2-8(6)10(20)11(21)13(15,16)17/h3-4,6,8,10-11,21H,2,5H2. The van der Waals surface area contributed by atoms with Gasteiger partial charge in [-0.2, -0.15) is 13.2 Å². The van der Waals surface area contributed by atoms with E-state index in [2.05, 4.69) is 9.83 Å². The van der Waals surface area contributed by atoms with Gasteiger partial charge in [0, 0.05) is 6.54 Å². The fourth-order valence-electron chi connectivity index (χ4n) is 3.04. The van der Waals surface area contributed by atoms with Crippen molar-refractivity contribution in [3.8, 4) is 0 Å². The molecule has 2 heterocycles. The Balaban J connectivity index is 1.91. The number of aliphatic hydroxyl groups excluding tert-OH is 1. The van der Waals surface area contributed by atoms with Crippen molar-refractivity contribution < 1.29 is 18.3 Å². The van der Waals surface area contributed by atoms with Gasteiger partial charge in [0.2, 0.25) is 0 Å². The van der Waals surface area contributed by atoms with Gasteiger partial charge >= 0.3 is 6.18 Å². The molecule has 8 heteroatoms. The summed E-state index contributed by atoms with van der Waals surface area (Å²) in [5, 5.41) is 9.72. The molecule has 0 amide bonds. The largest absolute Gasteiger partial charge is 0.416 e. The zero-order valence-corrected chi connectivity index (χ0v) is 11.4. The van der Waals surface area contributed by atoms with Crippen molar-refractivity contribution in [1.29, 1.82) is 0 Å². The van der Waals surface area contributed by atoms with Gasteiger partial charge in [-0.3, -0.25) is 0 Å². The number of aliphatic hydroxyl groups is 1. The Hall–Kier alpha value is -1.52. The molecule has 1 saturated carbocycles. The number of nitrogens with zero attached hydrogens (tertiary/aromatic N) is 3. The maximum absolute atomic E-state index is 12.8. The summed E-state index contributed by atoms with van der Waals surface area (Å²) >= 11 is 5.89. The van der Waals surface area contributed by atoms with Crippen molar-refractivity contribution in [1.82, 2.24) is 4.98 Å². The first-order valence-electron chi connectivity index (χ1n) is 6.37. The summed E-state index contributed by atoms with van der Waals surface area (Å²) in [5.74, 6) is 0.0324. The van der Waals surface area contributed by atoms with Gasteiger partial charge in [-0.25, -0.2) is 0 Å². The summed E-state index contributed by atoms with van der Waals surface area (Å²) in [7, 11) is 0. The Morgan fingerprint density at radius 3 is 2.81 bits per heavy atom. The van der Waals surface area contributed by atoms with Crippen LogP contribution in [0.25, 0.3) is 4.85 Å². The van der Waals surface area contributed by atoms with Crippen LogP contribution in [0.15, 0.2) is 12.3 Å². The number of fused-ring (bicyclic) bond motifs is 1. The van der Waals surface area contributed by atoms with Gasteiger partial charge in [0.1, 0.15) is 6.20 Å². The summed E-state index contributed by atoms with van der Waals surface area (Å²) < 4.78 is 38.5. The van der Waals surface area contributed by atoms with Gasteiger partial charge in [-0.15, -0.1) is 4.98 Å². The molecule has 0 bridgehead atoms. The molecule has 1 saturated heterocycles. The van der Waals surface area contributed by atoms with Crippen LogP contribution >= 0.6 is 11.6 Å². The molecule has 1 aliphatic heterocycles. The number of halogens is 4. The fraction of sp³-hybridized carbons (Fsp3) is 0.538. The number of anilines is 1. The number of piperidine rings is 1. The lowest BCUT2D eigenvalue weighted by Crippen LogP contribution is -2.49. The van der Waals surface area contributed by atoms with Crippen LogP contribution in [0.3, 0.4) is 0 Å². The molecular formula is C13H11ClF3N3O. The second-order valence-electron chi connectivity index (χ2n) is 5.40. The van der Waals surface area contributed by atoms with Gasteiger partial charge in [0.05, 0.1) is 16.8 Å². The van der Waals surface area contributed by atoms with Gasteiger partial charge in [0.15, 0.2) is 6.10 Å². The van der Waals surface area contributed by atoms with Gasteiger partial charge in [-0.1, -0.05) is 18.2 Å². The lowest BCUT2D eigenvalue weighted by atomic mass is 10.1. The minimum absolute atomic E-state index is 0.0118. The Morgan fingerprint density at radius 2 is 2.24 bits per heavy atom. The molecule has 1 N–H and O–H groups in total. The van der Waals surface area contributed by atoms with Crippen molar-refractivity contribution in [2.75, 3.05) is 11.4 Å². The van der Waals surface area contributed by atoms with Crippen molar-refractivity contribution in [2.45, 2.75) is 24.7 Å². The van der Waals surface area contributed by atoms with Crippen molar-refractivity contribution >= 4 is 23.1 Å². The second kappa shape index (κ2) is 4.75. The van der Waals surface area contributed by atoms with E-state index in [9.17, 15) is 18.3 Å². The van der Waals surface area contributed by atoms with Crippen LogP contribution in [-0.4, -0.2) is 35.0 Å². The Bertz CT molecular complexity index is 616. The lowest BCUT2D eigenvalue weighted by molar-refractivity contribution is -0.210. The number of alkyl halides is 3. The molecule has 21 heavy (non-hydrogen) atoms. The molecule has 0 aromatic carbocycles. The Labute approximate surface area is 124 Å². The van der Waals surface area contributed by atoms with E-state index in [1.165, 1.54) is 17.2 Å². The molecule has 4 nitrogen and oxygen atoms in total. The summed E-state index contributed by atoms with van der Waals surface area (Å²) in [5.41, 5.74) is 0.410. The fourth-order valence-corrected chi connectivity index (χ4v) is 3.24. The zero-order valence-electron chi connectivity index (χ0n) is 10.7. The lowest BCUT2D eigenvalue weighted by Gasteiger charge is -2.33. The minimum Gasteiger partial charge on any atom is -0.382 e. The van der Waals surface area contributed by atoms with Crippen molar-refractivity contribution in [3.05, 3.63) is 28.7 Å². The van der Waals surface area contributed by atoms with Crippen LogP contribution in [-0.2, 0) is 0 Å². The van der Waals surface area contributed by atoms with Crippen LogP contribution in [0, 0.1) is 18.4 Å². The average Bonchev–Trinajstić information content (AvgIpc) is 3.08. The van der Waals surface area contributed by atoms with E-state index in [-0.39, 0.29) is 22.7 Å². The highest BCUT2D eigenvalue weighted by Crippen LogP contribution is 2.53. The highest BCUT2D eigenvalue weighted by atomic mass is 35.5. The molecule has 0 radical (unpaired) electrons. The minimum atomic E-state index is -4.66. The first-order chi connectivity index (χ1) is 9.82. The third kappa shape index (κ3) is 2.43. The van der Waals surface area contributed by atoms with E-state index >= 15 is 0 Å². The number of aromatic nitrogens is 1. The summed E-state index contributed by atoms with van der Waals surface area (Å²) in [4.78, 5) is 8.46. The number of rotatable bonds is 2. The molecule has 3 rings (SSSR count). The number of hydrogen-bond donors (Lipinski definition) is 1. The molecule has 0 spiro atoms. The summed E-state index contributed by atoms with van der Waals surface area (Å²) in [6.07, 6.45) is -5.02. The molecule has 4 unspecified atom stereocenters. The Morgan fingerprint density at radius 1 is 1.52 bits per heavy atom. The Kier molecular flexibility index (Phi) is 3.26. The van der Waals surface area contributed by atoms with E-state index in [0.717, 1.165) is 0 Å². The SMILES string of the molecule is [C-]#[N+]c1ncc(N2CC3CC3C2C(O)C(F)(F)F)cc1Cl. The van der Waals surface area contributed by atoms with E-state index in [4.69, 9.17) is 18.2 Å². The smallest absolute Gasteiger partial charge is 0.382 e. The van der Waals surface area contributed by atoms with E-state index in [1.807, 2.05) is 0 Å². The molecule has 1 aromatic rings. The topological polar surface area (TPSA) is 40.7 Å². The highest BCUT2D eigenvalue weighted by molar-refractivity contribution is 6.33. The van der Waals surface area contributed by atoms with Crippen LogP contribution in [0.2, 0.25) is 5.02 Å². The first kappa shape index (κ1) is 14.4. The molecular weight excluding hydrogens is 307 g/mol. The van der Waals surface area contributed by atoms with Crippen molar-refractivity contribution in [2.24, 2.45) is 11.8 Å². The van der Waals surface area contributed by atoms with Crippen LogP contribution in [0.5, 0.6) is 0 Å². The maximum atomic E-state index is 12.8. The highest BCUT2D eigenvalue weighted by Gasteiger charge is 2.60. The number of pyridine rings is 1. The molecule has 1 aromatic heterocycles. The maximum Gasteiger partial charge on any atom is 0.416 e. The first-order valence-corrected chi connectivity index (χ1v) is 6.75. The quantitative estimate of drug-likeness (QED) is 0.852. The molecule has 2 fully saturated rings. The third-order valence-corrected chi connectivity index (χ3v) is 4.39. The van der Waals surface area contributed by atoms with E-state index in [1.54, 1.807) is 0 Å². The predicted molar refractivity (Wildman–Crippen MR) is 70.3 cm³/mol.